The van der Waals surface area contributed by atoms with Crippen LogP contribution in [0.2, 0.25) is 5.02 Å². The minimum atomic E-state index is -3.12. The summed E-state index contributed by atoms with van der Waals surface area (Å²) in [6, 6.07) is 2.03. The van der Waals surface area contributed by atoms with Crippen molar-refractivity contribution in [1.82, 2.24) is 14.3 Å². The molecule has 1 aromatic heterocycles. The second kappa shape index (κ2) is 20.7. The van der Waals surface area contributed by atoms with Crippen LogP contribution in [0.5, 0.6) is 0 Å². The van der Waals surface area contributed by atoms with Crippen LogP contribution in [0.3, 0.4) is 0 Å². The number of alkyl halides is 3. The predicted octanol–water partition coefficient (Wildman–Crippen LogP) is 8.09. The number of hydrogen-bond acceptors (Lipinski definition) is 9. The number of ketones is 1. The summed E-state index contributed by atoms with van der Waals surface area (Å²) in [5.74, 6) is -0.536. The number of Topliss-reactive ketones (excluding diaryl/α,β-unsaturated/α-hetero) is 1. The molecule has 0 aliphatic heterocycles. The number of hydrogen-bond donors (Lipinski definition) is 1. The summed E-state index contributed by atoms with van der Waals surface area (Å²) in [6.07, 6.45) is 3.97. The molecular formula is C32H40Cl3F3N4O6S. The summed E-state index contributed by atoms with van der Waals surface area (Å²) in [5.41, 5.74) is 0.831. The van der Waals surface area contributed by atoms with Gasteiger partial charge in [-0.25, -0.2) is 13.8 Å². The lowest BCUT2D eigenvalue weighted by Gasteiger charge is -2.25. The molecule has 1 heterocycles. The zero-order chi connectivity index (χ0) is 36.8. The molecule has 2 aromatic rings. The molecule has 1 aliphatic rings. The van der Waals surface area contributed by atoms with Gasteiger partial charge in [-0.2, -0.15) is 25.2 Å². The molecule has 0 fully saturated rings. The molecule has 1 aliphatic carbocycles. The van der Waals surface area contributed by atoms with Gasteiger partial charge in [0.1, 0.15) is 29.3 Å². The Bertz CT molecular complexity index is 1600. The van der Waals surface area contributed by atoms with Crippen molar-refractivity contribution in [3.63, 3.8) is 0 Å². The summed E-state index contributed by atoms with van der Waals surface area (Å²) < 4.78 is 45.5. The minimum Gasteiger partial charge on any atom is -0.511 e. The number of aromatic nitrogens is 3. The summed E-state index contributed by atoms with van der Waals surface area (Å²) in [6.45, 7) is 6.24. The highest BCUT2D eigenvalue weighted by atomic mass is 35.5. The number of thioether (sulfide) groups is 1. The van der Waals surface area contributed by atoms with E-state index in [0.29, 0.717) is 40.5 Å². The lowest BCUT2D eigenvalue weighted by atomic mass is 9.82. The highest BCUT2D eigenvalue weighted by Gasteiger charge is 2.31. The highest BCUT2D eigenvalue weighted by Crippen LogP contribution is 2.32. The van der Waals surface area contributed by atoms with Gasteiger partial charge in [-0.1, -0.05) is 49.1 Å². The van der Waals surface area contributed by atoms with Crippen molar-refractivity contribution in [3.05, 3.63) is 67.8 Å². The largest absolute Gasteiger partial charge is 0.511 e. The number of halogens is 6. The molecule has 3 atom stereocenters. The molecule has 3 rings (SSSR count). The van der Waals surface area contributed by atoms with Crippen LogP contribution in [-0.2, 0) is 25.6 Å². The van der Waals surface area contributed by atoms with Gasteiger partial charge in [-0.3, -0.25) is 9.59 Å². The number of aryl methyl sites for hydroxylation is 1. The van der Waals surface area contributed by atoms with Crippen LogP contribution in [0.15, 0.2) is 45.0 Å². The summed E-state index contributed by atoms with van der Waals surface area (Å²) in [7, 11) is 0. The Morgan fingerprint density at radius 2 is 1.94 bits per heavy atom. The lowest BCUT2D eigenvalue weighted by molar-refractivity contribution is -0.142. The van der Waals surface area contributed by atoms with Crippen LogP contribution in [0.25, 0.3) is 5.69 Å². The molecule has 0 saturated heterocycles. The maximum absolute atomic E-state index is 14.2. The molecule has 1 N–H and O–H groups in total. The predicted molar refractivity (Wildman–Crippen MR) is 187 cm³/mol. The number of nitrogens with zero attached hydrogens (tertiary/aromatic N) is 4. The molecule has 0 amide bonds. The smallest absolute Gasteiger partial charge is 0.355 e. The van der Waals surface area contributed by atoms with Gasteiger partial charge in [0.25, 0.3) is 0 Å². The number of carbonyl (C=O) groups excluding carboxylic acids is 2. The number of ether oxygens (including phenoxy) is 1. The monoisotopic (exact) mass is 770 g/mol. The van der Waals surface area contributed by atoms with E-state index in [1.165, 1.54) is 12.5 Å². The molecule has 0 spiro atoms. The first-order valence-electron chi connectivity index (χ1n) is 15.5. The number of aliphatic hydroxyl groups excluding tert-OH is 1. The summed E-state index contributed by atoms with van der Waals surface area (Å²) >= 11 is 19.2. The van der Waals surface area contributed by atoms with Crippen LogP contribution < -0.4 is 5.69 Å². The fourth-order valence-electron chi connectivity index (χ4n) is 5.04. The average molecular weight is 772 g/mol. The topological polar surface area (TPSA) is 125 Å². The Balaban J connectivity index is 0.000000343. The van der Waals surface area contributed by atoms with Crippen LogP contribution in [0, 0.1) is 18.7 Å². The van der Waals surface area contributed by atoms with Gasteiger partial charge in [0.05, 0.1) is 17.9 Å². The Morgan fingerprint density at radius 1 is 1.24 bits per heavy atom. The van der Waals surface area contributed by atoms with Gasteiger partial charge in [0.15, 0.2) is 11.6 Å². The number of esters is 1. The molecule has 17 heteroatoms. The van der Waals surface area contributed by atoms with E-state index in [1.54, 1.807) is 13.0 Å². The SMILES string of the molecule is CCOC(=O)C(Cl)Cc1cc(-n2nc(C)n(C(F)F)c2=O)c(F)cc1Cl.CCSC(C)CC1CC(=O)C(/C(CC)=N/OC/C=C/Cl)=C(O)C1. The molecule has 10 nitrogen and oxygen atoms in total. The second-order valence-corrected chi connectivity index (χ2v) is 13.7. The third kappa shape index (κ3) is 12.1. The number of oxime groups is 1. The number of aliphatic hydroxyl groups is 1. The van der Waals surface area contributed by atoms with Gasteiger partial charge in [-0.05, 0) is 62.1 Å². The number of allylic oxidation sites excluding steroid dienone is 2. The van der Waals surface area contributed by atoms with Gasteiger partial charge < -0.3 is 14.7 Å². The van der Waals surface area contributed by atoms with Crippen molar-refractivity contribution in [1.29, 1.82) is 0 Å². The van der Waals surface area contributed by atoms with Gasteiger partial charge in [0, 0.05) is 35.1 Å². The van der Waals surface area contributed by atoms with E-state index < -0.39 is 29.4 Å². The highest BCUT2D eigenvalue weighted by molar-refractivity contribution is 7.99. The van der Waals surface area contributed by atoms with Crippen molar-refractivity contribution in [2.75, 3.05) is 19.0 Å². The van der Waals surface area contributed by atoms with Crippen molar-refractivity contribution in [2.45, 2.75) is 83.9 Å². The number of rotatable bonds is 15. The Morgan fingerprint density at radius 3 is 2.49 bits per heavy atom. The molecule has 0 bridgehead atoms. The van der Waals surface area contributed by atoms with E-state index in [-0.39, 0.29) is 63.8 Å². The molecule has 49 heavy (non-hydrogen) atoms. The van der Waals surface area contributed by atoms with E-state index in [0.717, 1.165) is 24.3 Å². The first kappa shape index (κ1) is 42.2. The lowest BCUT2D eigenvalue weighted by Crippen LogP contribution is -2.26. The van der Waals surface area contributed by atoms with Crippen molar-refractivity contribution in [2.24, 2.45) is 11.1 Å². The molecule has 1 aromatic carbocycles. The summed E-state index contributed by atoms with van der Waals surface area (Å²) in [4.78, 5) is 41.3. The Kier molecular flexibility index (Phi) is 17.8. The van der Waals surface area contributed by atoms with Gasteiger partial charge in [0.2, 0.25) is 0 Å². The van der Waals surface area contributed by atoms with Crippen LogP contribution in [-0.4, -0.2) is 66.5 Å². The molecule has 0 radical (unpaired) electrons. The first-order chi connectivity index (χ1) is 23.2. The zero-order valence-electron chi connectivity index (χ0n) is 27.7. The van der Waals surface area contributed by atoms with Crippen LogP contribution in [0.4, 0.5) is 13.2 Å². The van der Waals surface area contributed by atoms with E-state index in [9.17, 15) is 32.7 Å². The first-order valence-corrected chi connectivity index (χ1v) is 17.8. The minimum absolute atomic E-state index is 0.0375. The van der Waals surface area contributed by atoms with E-state index in [4.69, 9.17) is 44.4 Å². The standard InChI is InChI=1S/C17H26ClNO3S.C15H14Cl2F3N3O3/c1-4-14(19-22-8-6-7-18)17-15(20)10-13(11-16(17)21)9-12(3)23-5-2;1-3-26-13(24)10(17)4-8-5-12(11(18)6-9(8)16)23-15(25)22(14(19)20)7(2)21-23/h6-7,12-13,20H,4-5,8-11H2,1-3H3;5-6,10,14H,3-4H2,1-2H3/b7-6+,19-14+;. The van der Waals surface area contributed by atoms with E-state index in [1.807, 2.05) is 18.7 Å². The number of benzene rings is 1. The van der Waals surface area contributed by atoms with Crippen molar-refractivity contribution in [3.8, 4) is 5.69 Å². The van der Waals surface area contributed by atoms with Crippen molar-refractivity contribution >= 4 is 64.0 Å². The fourth-order valence-corrected chi connectivity index (χ4v) is 6.54. The zero-order valence-corrected chi connectivity index (χ0v) is 30.8. The maximum atomic E-state index is 14.2. The van der Waals surface area contributed by atoms with Gasteiger partial charge in [-0.15, -0.1) is 16.7 Å². The normalized spacial score (nSPS) is 16.5. The average Bonchev–Trinajstić information content (AvgIpc) is 3.32. The Hall–Kier alpha value is -2.94. The molecule has 272 valence electrons. The van der Waals surface area contributed by atoms with Crippen molar-refractivity contribution < 1.29 is 37.4 Å². The molecular weight excluding hydrogens is 732 g/mol. The number of carbonyl (C=O) groups is 2. The molecule has 0 saturated carbocycles. The van der Waals surface area contributed by atoms with Crippen LogP contribution >= 0.6 is 46.6 Å². The quantitative estimate of drug-likeness (QED) is 0.0634. The maximum Gasteiger partial charge on any atom is 0.355 e. The van der Waals surface area contributed by atoms with E-state index in [2.05, 4.69) is 24.1 Å². The molecule has 3 unspecified atom stereocenters. The van der Waals surface area contributed by atoms with Gasteiger partial charge >= 0.3 is 18.2 Å². The second-order valence-electron chi connectivity index (χ2n) is 10.8. The third-order valence-corrected chi connectivity index (χ3v) is 9.12. The Labute approximate surface area is 302 Å². The van der Waals surface area contributed by atoms with E-state index >= 15 is 0 Å². The third-order valence-electron chi connectivity index (χ3n) is 7.16. The van der Waals surface area contributed by atoms with Crippen LogP contribution in [0.1, 0.15) is 71.3 Å². The summed E-state index contributed by atoms with van der Waals surface area (Å²) in [5, 5.41) is 17.3. The fraction of sp³-hybridized carbons (Fsp3) is 0.531.